The van der Waals surface area contributed by atoms with Crippen molar-refractivity contribution in [2.45, 2.75) is 25.9 Å². The zero-order valence-corrected chi connectivity index (χ0v) is 16.1. The quantitative estimate of drug-likeness (QED) is 0.355. The molecule has 0 saturated heterocycles. The van der Waals surface area contributed by atoms with Gasteiger partial charge in [-0.2, -0.15) is 17.6 Å². The van der Waals surface area contributed by atoms with Gasteiger partial charge in [0.2, 0.25) is 0 Å². The number of hydrogen-bond acceptors (Lipinski definition) is 1. The monoisotopic (exact) mass is 418 g/mol. The van der Waals surface area contributed by atoms with Crippen molar-refractivity contribution in [1.29, 1.82) is 0 Å². The third-order valence-corrected chi connectivity index (χ3v) is 4.50. The SMILES string of the molecule is CCCc1ccc(-c2ccc(-c3ccc(OC(F)(F)C=C(F)F)c(F)c3)cc2)cc1. The van der Waals surface area contributed by atoms with Crippen LogP contribution in [0.3, 0.4) is 0 Å². The Balaban J connectivity index is 1.78. The summed E-state index contributed by atoms with van der Waals surface area (Å²) >= 11 is 0. The van der Waals surface area contributed by atoms with Crippen LogP contribution < -0.4 is 4.74 Å². The molecule has 0 heterocycles. The lowest BCUT2D eigenvalue weighted by molar-refractivity contribution is -0.135. The van der Waals surface area contributed by atoms with Crippen LogP contribution in [0.4, 0.5) is 22.0 Å². The number of benzene rings is 3. The van der Waals surface area contributed by atoms with Crippen molar-refractivity contribution in [2.75, 3.05) is 0 Å². The molecule has 156 valence electrons. The summed E-state index contributed by atoms with van der Waals surface area (Å²) in [5.41, 5.74) is 4.42. The van der Waals surface area contributed by atoms with Gasteiger partial charge in [-0.15, -0.1) is 0 Å². The number of hydrogen-bond donors (Lipinski definition) is 0. The molecule has 0 amide bonds. The van der Waals surface area contributed by atoms with E-state index < -0.39 is 29.8 Å². The lowest BCUT2D eigenvalue weighted by Gasteiger charge is -2.15. The minimum absolute atomic E-state index is 0.445. The fourth-order valence-corrected chi connectivity index (χ4v) is 3.07. The minimum atomic E-state index is -4.31. The largest absolute Gasteiger partial charge is 0.426 e. The number of alkyl halides is 2. The molecule has 0 spiro atoms. The van der Waals surface area contributed by atoms with Crippen LogP contribution in [0.1, 0.15) is 18.9 Å². The Kier molecular flexibility index (Phi) is 6.55. The molecule has 0 radical (unpaired) electrons. The second-order valence-corrected chi connectivity index (χ2v) is 6.77. The molecule has 0 N–H and O–H groups in total. The van der Waals surface area contributed by atoms with Crippen LogP contribution in [-0.2, 0) is 6.42 Å². The molecule has 30 heavy (non-hydrogen) atoms. The molecule has 0 aliphatic heterocycles. The van der Waals surface area contributed by atoms with E-state index in [1.54, 1.807) is 12.1 Å². The van der Waals surface area contributed by atoms with Gasteiger partial charge in [-0.3, -0.25) is 0 Å². The van der Waals surface area contributed by atoms with Crippen LogP contribution in [0.5, 0.6) is 5.75 Å². The smallest absolute Gasteiger partial charge is 0.425 e. The van der Waals surface area contributed by atoms with Crippen LogP contribution in [-0.4, -0.2) is 6.11 Å². The Hall–Kier alpha value is -3.15. The number of rotatable bonds is 7. The summed E-state index contributed by atoms with van der Waals surface area (Å²) in [6.45, 7) is 2.13. The third kappa shape index (κ3) is 5.47. The van der Waals surface area contributed by atoms with Gasteiger partial charge in [-0.25, -0.2) is 4.39 Å². The normalized spacial score (nSPS) is 11.3. The first-order chi connectivity index (χ1) is 14.3. The van der Waals surface area contributed by atoms with Crippen molar-refractivity contribution in [3.05, 3.63) is 90.3 Å². The van der Waals surface area contributed by atoms with Gasteiger partial charge in [-0.1, -0.05) is 67.9 Å². The van der Waals surface area contributed by atoms with E-state index >= 15 is 0 Å². The van der Waals surface area contributed by atoms with Gasteiger partial charge in [0.15, 0.2) is 11.6 Å². The molecule has 6 heteroatoms. The maximum Gasteiger partial charge on any atom is 0.425 e. The van der Waals surface area contributed by atoms with Gasteiger partial charge in [0.1, 0.15) is 0 Å². The van der Waals surface area contributed by atoms with E-state index in [0.29, 0.717) is 11.1 Å². The Morgan fingerprint density at radius 3 is 1.83 bits per heavy atom. The minimum Gasteiger partial charge on any atom is -0.426 e. The van der Waals surface area contributed by atoms with Gasteiger partial charge in [0, 0.05) is 0 Å². The van der Waals surface area contributed by atoms with Crippen LogP contribution >= 0.6 is 0 Å². The Morgan fingerprint density at radius 2 is 1.33 bits per heavy atom. The van der Waals surface area contributed by atoms with E-state index in [4.69, 9.17) is 0 Å². The van der Waals surface area contributed by atoms with Gasteiger partial charge >= 0.3 is 6.11 Å². The molecule has 0 fully saturated rings. The molecule has 3 aromatic rings. The number of halogens is 5. The Morgan fingerprint density at radius 1 is 0.833 bits per heavy atom. The first-order valence-electron chi connectivity index (χ1n) is 9.37. The predicted octanol–water partition coefficient (Wildman–Crippen LogP) is 7.86. The first kappa shape index (κ1) is 21.6. The van der Waals surface area contributed by atoms with Crippen LogP contribution in [0, 0.1) is 5.82 Å². The summed E-state index contributed by atoms with van der Waals surface area (Å²) in [6, 6.07) is 19.0. The molecule has 0 aromatic heterocycles. The van der Waals surface area contributed by atoms with Gasteiger partial charge in [0.25, 0.3) is 6.08 Å². The highest BCUT2D eigenvalue weighted by Crippen LogP contribution is 2.31. The Bertz CT molecular complexity index is 1020. The number of ether oxygens (including phenoxy) is 1. The molecular weight excluding hydrogens is 399 g/mol. The molecule has 3 rings (SSSR count). The molecule has 0 aliphatic carbocycles. The van der Waals surface area contributed by atoms with Crippen molar-refractivity contribution in [1.82, 2.24) is 0 Å². The highest BCUT2D eigenvalue weighted by Gasteiger charge is 2.31. The summed E-state index contributed by atoms with van der Waals surface area (Å²) in [5.74, 6) is -1.89. The van der Waals surface area contributed by atoms with E-state index in [0.717, 1.165) is 36.1 Å². The average molecular weight is 418 g/mol. The Labute approximate surface area is 171 Å². The van der Waals surface area contributed by atoms with E-state index in [1.165, 1.54) is 11.6 Å². The summed E-state index contributed by atoms with van der Waals surface area (Å²) in [4.78, 5) is 0. The second kappa shape index (κ2) is 9.11. The van der Waals surface area contributed by atoms with E-state index in [2.05, 4.69) is 23.8 Å². The maximum atomic E-state index is 14.2. The van der Waals surface area contributed by atoms with E-state index in [9.17, 15) is 22.0 Å². The summed E-state index contributed by atoms with van der Waals surface area (Å²) in [7, 11) is 0. The molecule has 0 bridgehead atoms. The topological polar surface area (TPSA) is 9.23 Å². The zero-order valence-electron chi connectivity index (χ0n) is 16.1. The lowest BCUT2D eigenvalue weighted by Crippen LogP contribution is -2.22. The van der Waals surface area contributed by atoms with Crippen molar-refractivity contribution in [3.63, 3.8) is 0 Å². The molecule has 0 atom stereocenters. The molecule has 0 saturated carbocycles. The first-order valence-corrected chi connectivity index (χ1v) is 9.37. The van der Waals surface area contributed by atoms with E-state index in [1.807, 2.05) is 24.3 Å². The zero-order chi connectivity index (χ0) is 21.7. The van der Waals surface area contributed by atoms with Crippen molar-refractivity contribution in [3.8, 4) is 28.0 Å². The van der Waals surface area contributed by atoms with Gasteiger partial charge < -0.3 is 4.74 Å². The molecule has 3 aromatic carbocycles. The highest BCUT2D eigenvalue weighted by molar-refractivity contribution is 5.71. The lowest BCUT2D eigenvalue weighted by atomic mass is 9.99. The van der Waals surface area contributed by atoms with Crippen LogP contribution in [0.2, 0.25) is 0 Å². The predicted molar refractivity (Wildman–Crippen MR) is 107 cm³/mol. The standard InChI is InChI=1S/C24H19F5O/c1-2-3-16-4-6-17(7-5-16)18-8-10-19(11-9-18)20-12-13-22(21(25)14-20)30-24(28,29)15-23(26)27/h4-15H,2-3H2,1H3. The van der Waals surface area contributed by atoms with Gasteiger partial charge in [-0.05, 0) is 46.4 Å². The molecular formula is C24H19F5O. The molecule has 0 unspecified atom stereocenters. The highest BCUT2D eigenvalue weighted by atomic mass is 19.3. The van der Waals surface area contributed by atoms with E-state index in [-0.39, 0.29) is 0 Å². The maximum absolute atomic E-state index is 14.2. The summed E-state index contributed by atoms with van der Waals surface area (Å²) in [5, 5.41) is 0. The van der Waals surface area contributed by atoms with Crippen LogP contribution in [0.25, 0.3) is 22.3 Å². The third-order valence-electron chi connectivity index (χ3n) is 4.50. The second-order valence-electron chi connectivity index (χ2n) is 6.77. The fourth-order valence-electron chi connectivity index (χ4n) is 3.07. The van der Waals surface area contributed by atoms with Crippen molar-refractivity contribution in [2.24, 2.45) is 0 Å². The summed E-state index contributed by atoms with van der Waals surface area (Å²) < 4.78 is 68.9. The van der Waals surface area contributed by atoms with Crippen molar-refractivity contribution >= 4 is 0 Å². The molecule has 1 nitrogen and oxygen atoms in total. The fraction of sp³-hybridized carbons (Fsp3) is 0.167. The average Bonchev–Trinajstić information content (AvgIpc) is 2.69. The summed E-state index contributed by atoms with van der Waals surface area (Å²) in [6.07, 6.45) is -5.49. The van der Waals surface area contributed by atoms with Gasteiger partial charge in [0.05, 0.1) is 6.08 Å². The number of aryl methyl sites for hydroxylation is 1. The van der Waals surface area contributed by atoms with Crippen LogP contribution in [0.15, 0.2) is 78.9 Å². The molecule has 0 aliphatic rings. The van der Waals surface area contributed by atoms with Crippen molar-refractivity contribution < 1.29 is 26.7 Å².